The summed E-state index contributed by atoms with van der Waals surface area (Å²) in [4.78, 5) is 12.6. The van der Waals surface area contributed by atoms with Crippen molar-refractivity contribution < 1.29 is 22.5 Å². The summed E-state index contributed by atoms with van der Waals surface area (Å²) >= 11 is 0. The van der Waals surface area contributed by atoms with Crippen molar-refractivity contribution in [1.82, 2.24) is 5.16 Å². The normalized spacial score (nSPS) is 12.1. The molecule has 2 N–H and O–H groups in total. The maximum absolute atomic E-state index is 12.6. The Kier molecular flexibility index (Phi) is 6.88. The molecule has 35 heavy (non-hydrogen) atoms. The number of carbonyl (C=O) groups excluding carboxylic acids is 1. The van der Waals surface area contributed by atoms with Crippen molar-refractivity contribution in [1.29, 1.82) is 0 Å². The molecule has 1 heterocycles. The second kappa shape index (κ2) is 10.0. The number of nitrogens with one attached hydrogen (secondary N) is 2. The van der Waals surface area contributed by atoms with Crippen LogP contribution in [0.25, 0.3) is 11.1 Å². The zero-order chi connectivity index (χ0) is 25.0. The first-order valence-corrected chi connectivity index (χ1v) is 12.4. The maximum atomic E-state index is 12.6. The van der Waals surface area contributed by atoms with E-state index < -0.39 is 16.1 Å². The van der Waals surface area contributed by atoms with E-state index >= 15 is 0 Å². The van der Waals surface area contributed by atoms with Gasteiger partial charge in [0.1, 0.15) is 5.75 Å². The Morgan fingerprint density at radius 2 is 1.54 bits per heavy atom. The minimum Gasteiger partial charge on any atom is -0.481 e. The van der Waals surface area contributed by atoms with E-state index in [1.807, 2.05) is 54.6 Å². The zero-order valence-corrected chi connectivity index (χ0v) is 20.3. The molecule has 4 aromatic rings. The molecular weight excluding hydrogens is 466 g/mol. The summed E-state index contributed by atoms with van der Waals surface area (Å²) in [6, 6.07) is 23.3. The van der Waals surface area contributed by atoms with Crippen molar-refractivity contribution in [2.75, 3.05) is 10.0 Å². The highest BCUT2D eigenvalue weighted by molar-refractivity contribution is 7.92. The lowest BCUT2D eigenvalue weighted by Gasteiger charge is -2.15. The van der Waals surface area contributed by atoms with Crippen LogP contribution in [0.5, 0.6) is 5.75 Å². The molecule has 3 aromatic carbocycles. The average Bonchev–Trinajstić information content (AvgIpc) is 3.17. The molecule has 0 radical (unpaired) electrons. The number of ether oxygens (including phenoxy) is 1. The Morgan fingerprint density at radius 1 is 0.914 bits per heavy atom. The Morgan fingerprint density at radius 3 is 2.14 bits per heavy atom. The van der Waals surface area contributed by atoms with Gasteiger partial charge in [0, 0.05) is 11.3 Å². The Balaban J connectivity index is 1.36. The van der Waals surface area contributed by atoms with Crippen LogP contribution in [0.3, 0.4) is 0 Å². The average molecular weight is 492 g/mol. The molecule has 0 unspecified atom stereocenters. The molecule has 180 valence electrons. The van der Waals surface area contributed by atoms with Gasteiger partial charge < -0.3 is 14.6 Å². The van der Waals surface area contributed by atoms with Gasteiger partial charge in [0.2, 0.25) is 5.88 Å². The number of anilines is 2. The summed E-state index contributed by atoms with van der Waals surface area (Å²) in [5, 5.41) is 6.48. The number of amides is 1. The van der Waals surface area contributed by atoms with Gasteiger partial charge in [-0.3, -0.25) is 4.79 Å². The number of hydrogen-bond acceptors (Lipinski definition) is 6. The summed E-state index contributed by atoms with van der Waals surface area (Å²) < 4.78 is 38.4. The number of aromatic nitrogens is 1. The molecule has 1 aromatic heterocycles. The fraction of sp³-hybridized carbons (Fsp3) is 0.154. The molecule has 0 bridgehead atoms. The van der Waals surface area contributed by atoms with Crippen LogP contribution in [0.1, 0.15) is 18.2 Å². The molecule has 1 atom stereocenters. The number of hydrogen-bond donors (Lipinski definition) is 2. The number of sulfonamides is 1. The summed E-state index contributed by atoms with van der Waals surface area (Å²) in [6.07, 6.45) is -0.764. The van der Waals surface area contributed by atoms with Gasteiger partial charge in [-0.1, -0.05) is 47.6 Å². The van der Waals surface area contributed by atoms with Crippen LogP contribution in [0.15, 0.2) is 88.3 Å². The predicted octanol–water partition coefficient (Wildman–Crippen LogP) is 5.17. The van der Waals surface area contributed by atoms with Gasteiger partial charge in [-0.15, -0.1) is 0 Å². The van der Waals surface area contributed by atoms with Crippen molar-refractivity contribution in [3.8, 4) is 16.9 Å². The molecule has 4 rings (SSSR count). The highest BCUT2D eigenvalue weighted by Crippen LogP contribution is 2.24. The third kappa shape index (κ3) is 5.70. The van der Waals surface area contributed by atoms with E-state index in [0.29, 0.717) is 22.7 Å². The molecule has 0 aliphatic carbocycles. The van der Waals surface area contributed by atoms with Crippen LogP contribution >= 0.6 is 0 Å². The lowest BCUT2D eigenvalue weighted by molar-refractivity contribution is -0.122. The summed E-state index contributed by atoms with van der Waals surface area (Å²) in [6.45, 7) is 5.08. The Bertz CT molecular complexity index is 1410. The zero-order valence-electron chi connectivity index (χ0n) is 19.5. The van der Waals surface area contributed by atoms with Crippen molar-refractivity contribution in [3.63, 3.8) is 0 Å². The Labute approximate surface area is 204 Å². The summed E-state index contributed by atoms with van der Waals surface area (Å²) in [7, 11) is -3.87. The van der Waals surface area contributed by atoms with Crippen LogP contribution in [0.4, 0.5) is 11.6 Å². The van der Waals surface area contributed by atoms with E-state index in [1.54, 1.807) is 20.8 Å². The second-order valence-corrected chi connectivity index (χ2v) is 9.67. The lowest BCUT2D eigenvalue weighted by atomic mass is 10.1. The SMILES string of the molecule is Cc1noc(NS(=O)(=O)c2ccc(NC(=O)[C@H](C)Oc3ccc(-c4ccccc4)cc3)cc2)c1C. The number of nitrogens with zero attached hydrogens (tertiary/aromatic N) is 1. The molecular formula is C26H25N3O5S. The van der Waals surface area contributed by atoms with Gasteiger partial charge in [-0.05, 0) is 68.3 Å². The number of carbonyl (C=O) groups is 1. The van der Waals surface area contributed by atoms with Crippen molar-refractivity contribution >= 4 is 27.5 Å². The quantitative estimate of drug-likeness (QED) is 0.352. The van der Waals surface area contributed by atoms with Crippen molar-refractivity contribution in [3.05, 3.63) is 90.1 Å². The van der Waals surface area contributed by atoms with Gasteiger partial charge in [0.25, 0.3) is 15.9 Å². The monoisotopic (exact) mass is 491 g/mol. The second-order valence-electron chi connectivity index (χ2n) is 7.99. The summed E-state index contributed by atoms with van der Waals surface area (Å²) in [5.41, 5.74) is 3.80. The molecule has 0 spiro atoms. The number of rotatable bonds is 8. The van der Waals surface area contributed by atoms with Crippen LogP contribution in [-0.2, 0) is 14.8 Å². The van der Waals surface area contributed by atoms with Gasteiger partial charge in [0.15, 0.2) is 6.10 Å². The van der Waals surface area contributed by atoms with Crippen molar-refractivity contribution in [2.45, 2.75) is 31.8 Å². The predicted molar refractivity (Wildman–Crippen MR) is 134 cm³/mol. The third-order valence-corrected chi connectivity index (χ3v) is 6.81. The third-order valence-electron chi connectivity index (χ3n) is 5.46. The fourth-order valence-electron chi connectivity index (χ4n) is 3.27. The highest BCUT2D eigenvalue weighted by atomic mass is 32.2. The lowest BCUT2D eigenvalue weighted by Crippen LogP contribution is -2.30. The molecule has 1 amide bonds. The molecule has 8 nitrogen and oxygen atoms in total. The van der Waals surface area contributed by atoms with Crippen LogP contribution in [0, 0.1) is 13.8 Å². The highest BCUT2D eigenvalue weighted by Gasteiger charge is 2.20. The van der Waals surface area contributed by atoms with Crippen LogP contribution in [0.2, 0.25) is 0 Å². The first kappa shape index (κ1) is 24.0. The van der Waals surface area contributed by atoms with Gasteiger partial charge >= 0.3 is 0 Å². The smallest absolute Gasteiger partial charge is 0.265 e. The molecule has 9 heteroatoms. The minimum absolute atomic E-state index is 0.0201. The van der Waals surface area contributed by atoms with E-state index in [4.69, 9.17) is 9.26 Å². The minimum atomic E-state index is -3.87. The van der Waals surface area contributed by atoms with Gasteiger partial charge in [-0.25, -0.2) is 13.1 Å². The fourth-order valence-corrected chi connectivity index (χ4v) is 4.31. The first-order valence-electron chi connectivity index (χ1n) is 10.9. The number of benzene rings is 3. The van der Waals surface area contributed by atoms with Crippen LogP contribution in [-0.4, -0.2) is 25.6 Å². The molecule has 0 saturated carbocycles. The van der Waals surface area contributed by atoms with E-state index in [0.717, 1.165) is 11.1 Å². The maximum Gasteiger partial charge on any atom is 0.265 e. The standard InChI is InChI=1S/C26H25N3O5S/c1-17-18(2)28-34-26(17)29-35(31,32)24-15-11-22(12-16-24)27-25(30)19(3)33-23-13-9-21(10-14-23)20-7-5-4-6-8-20/h4-16,19,29H,1-3H3,(H,27,30)/t19-/m0/s1. The van der Waals surface area contributed by atoms with E-state index in [2.05, 4.69) is 15.2 Å². The van der Waals surface area contributed by atoms with Gasteiger partial charge in [-0.2, -0.15) is 0 Å². The van der Waals surface area contributed by atoms with E-state index in [9.17, 15) is 13.2 Å². The molecule has 0 saturated heterocycles. The molecule has 0 fully saturated rings. The van der Waals surface area contributed by atoms with Gasteiger partial charge in [0.05, 0.1) is 10.6 Å². The van der Waals surface area contributed by atoms with Crippen molar-refractivity contribution in [2.24, 2.45) is 0 Å². The van der Waals surface area contributed by atoms with E-state index in [-0.39, 0.29) is 16.7 Å². The van der Waals surface area contributed by atoms with E-state index in [1.165, 1.54) is 24.3 Å². The topological polar surface area (TPSA) is 111 Å². The van der Waals surface area contributed by atoms with Crippen LogP contribution < -0.4 is 14.8 Å². The summed E-state index contributed by atoms with van der Waals surface area (Å²) in [5.74, 6) is 0.277. The first-order chi connectivity index (χ1) is 16.7. The number of aryl methyl sites for hydroxylation is 1. The Hall–Kier alpha value is -4.11. The molecule has 0 aliphatic rings. The molecule has 0 aliphatic heterocycles. The largest absolute Gasteiger partial charge is 0.481 e.